The van der Waals surface area contributed by atoms with Gasteiger partial charge in [0.2, 0.25) is 0 Å². The Kier molecular flexibility index (Phi) is 6.57. The molecule has 0 aliphatic carbocycles. The summed E-state index contributed by atoms with van der Waals surface area (Å²) >= 11 is 5.98. The smallest absolute Gasteiger partial charge is 0.329 e. The van der Waals surface area contributed by atoms with Gasteiger partial charge in [0.15, 0.2) is 11.5 Å². The van der Waals surface area contributed by atoms with Crippen molar-refractivity contribution in [2.24, 2.45) is 5.10 Å². The summed E-state index contributed by atoms with van der Waals surface area (Å²) in [6, 6.07) is 10.1. The quantitative estimate of drug-likeness (QED) is 0.477. The van der Waals surface area contributed by atoms with Gasteiger partial charge in [-0.15, -0.1) is 0 Å². The molecule has 2 aromatic carbocycles. The Morgan fingerprint density at radius 2 is 1.77 bits per heavy atom. The van der Waals surface area contributed by atoms with Gasteiger partial charge in [0.1, 0.15) is 0 Å². The number of aryl methyl sites for hydroxylation is 1. The van der Waals surface area contributed by atoms with Crippen molar-refractivity contribution in [3.63, 3.8) is 0 Å². The largest absolute Gasteiger partial charge is 0.493 e. The lowest BCUT2D eigenvalue weighted by atomic mass is 10.2. The summed E-state index contributed by atoms with van der Waals surface area (Å²) in [5.74, 6) is -0.658. The van der Waals surface area contributed by atoms with E-state index in [1.54, 1.807) is 36.4 Å². The highest BCUT2D eigenvalue weighted by Gasteiger charge is 2.13. The van der Waals surface area contributed by atoms with Crippen molar-refractivity contribution in [1.29, 1.82) is 0 Å². The van der Waals surface area contributed by atoms with Crippen LogP contribution in [-0.4, -0.2) is 32.2 Å². The molecule has 8 heteroatoms. The summed E-state index contributed by atoms with van der Waals surface area (Å²) in [5.41, 5.74) is 4.11. The number of amides is 2. The van der Waals surface area contributed by atoms with Crippen molar-refractivity contribution >= 4 is 35.3 Å². The minimum atomic E-state index is -0.904. The van der Waals surface area contributed by atoms with Crippen LogP contribution >= 0.6 is 11.6 Å². The van der Waals surface area contributed by atoms with E-state index < -0.39 is 11.8 Å². The lowest BCUT2D eigenvalue weighted by Gasteiger charge is -2.07. The van der Waals surface area contributed by atoms with E-state index in [1.807, 2.05) is 6.92 Å². The first-order valence-electron chi connectivity index (χ1n) is 7.57. The number of hydrazone groups is 1. The van der Waals surface area contributed by atoms with Gasteiger partial charge in [0, 0.05) is 10.7 Å². The fourth-order valence-corrected chi connectivity index (χ4v) is 2.19. The summed E-state index contributed by atoms with van der Waals surface area (Å²) in [6.07, 6.45) is 1.38. The zero-order valence-electron chi connectivity index (χ0n) is 14.5. The van der Waals surface area contributed by atoms with Gasteiger partial charge in [-0.25, -0.2) is 5.43 Å². The number of benzene rings is 2. The number of hydrogen-bond donors (Lipinski definition) is 2. The molecule has 136 valence electrons. The summed E-state index contributed by atoms with van der Waals surface area (Å²) in [4.78, 5) is 23.7. The second-order valence-corrected chi connectivity index (χ2v) is 5.64. The van der Waals surface area contributed by atoms with E-state index in [1.165, 1.54) is 20.4 Å². The minimum absolute atomic E-state index is 0.421. The molecule has 0 unspecified atom stereocenters. The molecule has 2 amide bonds. The van der Waals surface area contributed by atoms with Crippen LogP contribution in [0.15, 0.2) is 41.5 Å². The van der Waals surface area contributed by atoms with E-state index >= 15 is 0 Å². The maximum absolute atomic E-state index is 11.9. The number of nitrogens with one attached hydrogen (secondary N) is 2. The molecule has 2 rings (SSSR count). The highest BCUT2D eigenvalue weighted by molar-refractivity contribution is 6.39. The SMILES string of the molecule is COc1ccc(/C=N/NC(=O)C(=O)Nc2ccc(C)c(Cl)c2)cc1OC. The van der Waals surface area contributed by atoms with Crippen LogP contribution in [0.25, 0.3) is 0 Å². The average Bonchev–Trinajstić information content (AvgIpc) is 2.64. The Morgan fingerprint density at radius 1 is 1.04 bits per heavy atom. The lowest BCUT2D eigenvalue weighted by molar-refractivity contribution is -0.136. The number of nitrogens with zero attached hydrogens (tertiary/aromatic N) is 1. The topological polar surface area (TPSA) is 89.0 Å². The zero-order valence-corrected chi connectivity index (χ0v) is 15.3. The standard InChI is InChI=1S/C18H18ClN3O4/c1-11-4-6-13(9-14(11)19)21-17(23)18(24)22-20-10-12-5-7-15(25-2)16(8-12)26-3/h4-10H,1-3H3,(H,21,23)(H,22,24)/b20-10+. The van der Waals surface area contributed by atoms with Gasteiger partial charge in [0.25, 0.3) is 0 Å². The van der Waals surface area contributed by atoms with Gasteiger partial charge in [0.05, 0.1) is 20.4 Å². The van der Waals surface area contributed by atoms with Gasteiger partial charge >= 0.3 is 11.8 Å². The fraction of sp³-hybridized carbons (Fsp3) is 0.167. The Balaban J connectivity index is 1.95. The third kappa shape index (κ3) is 4.97. The summed E-state index contributed by atoms with van der Waals surface area (Å²) < 4.78 is 10.3. The number of hydrogen-bond acceptors (Lipinski definition) is 5. The first-order valence-corrected chi connectivity index (χ1v) is 7.95. The molecule has 0 aliphatic heterocycles. The van der Waals surface area contributed by atoms with Crippen molar-refractivity contribution in [3.8, 4) is 11.5 Å². The van der Waals surface area contributed by atoms with E-state index in [4.69, 9.17) is 21.1 Å². The molecular formula is C18H18ClN3O4. The molecule has 0 radical (unpaired) electrons. The average molecular weight is 376 g/mol. The molecule has 2 N–H and O–H groups in total. The molecule has 0 aliphatic rings. The first-order chi connectivity index (χ1) is 12.4. The maximum Gasteiger partial charge on any atom is 0.329 e. The zero-order chi connectivity index (χ0) is 19.1. The summed E-state index contributed by atoms with van der Waals surface area (Å²) in [7, 11) is 3.05. The second-order valence-electron chi connectivity index (χ2n) is 5.23. The van der Waals surface area contributed by atoms with Crippen LogP contribution in [0.2, 0.25) is 5.02 Å². The van der Waals surface area contributed by atoms with Crippen LogP contribution in [-0.2, 0) is 9.59 Å². The van der Waals surface area contributed by atoms with Crippen molar-refractivity contribution in [2.75, 3.05) is 19.5 Å². The van der Waals surface area contributed by atoms with Crippen molar-refractivity contribution in [1.82, 2.24) is 5.43 Å². The molecule has 0 aromatic heterocycles. The monoisotopic (exact) mass is 375 g/mol. The molecule has 0 fully saturated rings. The highest BCUT2D eigenvalue weighted by Crippen LogP contribution is 2.26. The predicted octanol–water partition coefficient (Wildman–Crippen LogP) is 2.75. The molecular weight excluding hydrogens is 358 g/mol. The van der Waals surface area contributed by atoms with Gasteiger partial charge in [-0.3, -0.25) is 9.59 Å². The molecule has 2 aromatic rings. The van der Waals surface area contributed by atoms with Crippen LogP contribution in [0.4, 0.5) is 5.69 Å². The Bertz CT molecular complexity index is 852. The highest BCUT2D eigenvalue weighted by atomic mass is 35.5. The Labute approximate surface area is 155 Å². The van der Waals surface area contributed by atoms with Gasteiger partial charge < -0.3 is 14.8 Å². The van der Waals surface area contributed by atoms with Crippen molar-refractivity contribution in [2.45, 2.75) is 6.92 Å². The van der Waals surface area contributed by atoms with Gasteiger partial charge in [-0.1, -0.05) is 17.7 Å². The molecule has 0 bridgehead atoms. The predicted molar refractivity (Wildman–Crippen MR) is 100 cm³/mol. The molecule has 0 saturated heterocycles. The second kappa shape index (κ2) is 8.87. The molecule has 0 spiro atoms. The van der Waals surface area contributed by atoms with Gasteiger partial charge in [-0.2, -0.15) is 5.10 Å². The van der Waals surface area contributed by atoms with Crippen LogP contribution in [0.5, 0.6) is 11.5 Å². The van der Waals surface area contributed by atoms with Crippen LogP contribution in [0, 0.1) is 6.92 Å². The number of ether oxygens (including phenoxy) is 2. The van der Waals surface area contributed by atoms with Crippen LogP contribution in [0.1, 0.15) is 11.1 Å². The molecule has 0 saturated carbocycles. The molecule has 0 atom stereocenters. The lowest BCUT2D eigenvalue weighted by Crippen LogP contribution is -2.32. The molecule has 7 nitrogen and oxygen atoms in total. The fourth-order valence-electron chi connectivity index (χ4n) is 2.01. The van der Waals surface area contributed by atoms with Crippen molar-refractivity contribution in [3.05, 3.63) is 52.5 Å². The third-order valence-corrected chi connectivity index (χ3v) is 3.83. The van der Waals surface area contributed by atoms with E-state index in [2.05, 4.69) is 15.8 Å². The third-order valence-electron chi connectivity index (χ3n) is 3.42. The number of carbonyl (C=O) groups is 2. The van der Waals surface area contributed by atoms with E-state index in [9.17, 15) is 9.59 Å². The molecule has 0 heterocycles. The van der Waals surface area contributed by atoms with E-state index in [-0.39, 0.29) is 0 Å². The first kappa shape index (κ1) is 19.3. The summed E-state index contributed by atoms with van der Waals surface area (Å²) in [6.45, 7) is 1.84. The number of anilines is 1. The minimum Gasteiger partial charge on any atom is -0.493 e. The van der Waals surface area contributed by atoms with Crippen LogP contribution < -0.4 is 20.2 Å². The normalized spacial score (nSPS) is 10.5. The number of rotatable bonds is 5. The van der Waals surface area contributed by atoms with E-state index in [0.29, 0.717) is 27.8 Å². The Hall–Kier alpha value is -3.06. The number of methoxy groups -OCH3 is 2. The number of carbonyl (C=O) groups excluding carboxylic acids is 2. The maximum atomic E-state index is 11.9. The summed E-state index contributed by atoms with van der Waals surface area (Å²) in [5, 5.41) is 6.70. The van der Waals surface area contributed by atoms with E-state index in [0.717, 1.165) is 5.56 Å². The van der Waals surface area contributed by atoms with Gasteiger partial charge in [-0.05, 0) is 48.4 Å². The van der Waals surface area contributed by atoms with Crippen molar-refractivity contribution < 1.29 is 19.1 Å². The number of halogens is 1. The molecule has 26 heavy (non-hydrogen) atoms. The Morgan fingerprint density at radius 3 is 2.42 bits per heavy atom. The van der Waals surface area contributed by atoms with Crippen LogP contribution in [0.3, 0.4) is 0 Å².